The molecule has 5 aromatic carbocycles. The molecule has 0 N–H and O–H groups in total. The molecule has 0 aliphatic heterocycles. The number of benzene rings is 3. The molecule has 6 rings (SSSR count). The van der Waals surface area contributed by atoms with Crippen molar-refractivity contribution in [3.05, 3.63) is 119 Å². The summed E-state index contributed by atoms with van der Waals surface area (Å²) in [6.07, 6.45) is 5.00. The van der Waals surface area contributed by atoms with Gasteiger partial charge in [-0.2, -0.15) is 17.2 Å². The minimum Gasteiger partial charge on any atom is -1.00 e. The second-order valence-corrected chi connectivity index (χ2v) is 10.5. The van der Waals surface area contributed by atoms with Gasteiger partial charge in [0.2, 0.25) is 0 Å². The van der Waals surface area contributed by atoms with E-state index in [4.69, 9.17) is 0 Å². The maximum Gasteiger partial charge on any atom is 4.00 e. The van der Waals surface area contributed by atoms with Crippen LogP contribution in [0, 0.1) is 6.92 Å². The van der Waals surface area contributed by atoms with Crippen LogP contribution in [0.2, 0.25) is 13.1 Å². The number of fused-ring (bicyclic) bond motifs is 3. The molecular weight excluding hydrogens is 587 g/mol. The fourth-order valence-electron chi connectivity index (χ4n) is 5.05. The van der Waals surface area contributed by atoms with E-state index in [0.717, 1.165) is 15.9 Å². The zero-order chi connectivity index (χ0) is 23.9. The molecule has 0 saturated heterocycles. The fourth-order valence-corrected chi connectivity index (χ4v) is 5.05. The van der Waals surface area contributed by atoms with Crippen LogP contribution in [0.25, 0.3) is 21.5 Å². The van der Waals surface area contributed by atoms with Gasteiger partial charge in [0.25, 0.3) is 0 Å². The molecule has 1 aliphatic rings. The van der Waals surface area contributed by atoms with E-state index in [-0.39, 0.29) is 51.0 Å². The minimum atomic E-state index is 0. The zero-order valence-corrected chi connectivity index (χ0v) is 27.3. The van der Waals surface area contributed by atoms with Crippen LogP contribution in [-0.2, 0) is 45.5 Å². The smallest absolute Gasteiger partial charge is 1.00 e. The van der Waals surface area contributed by atoms with Gasteiger partial charge in [0.1, 0.15) is 0 Å². The molecular formula is C33H36Cl2SiZr. The molecule has 0 saturated carbocycles. The molecule has 1 aliphatic carbocycles. The SMILES string of the molecule is CC(Cc1c[cH-]c2cc3c(cc12)CCC3)c1ccccc1.C[Si]C.Cc1c[cH-]c2ccccc12.[Cl-].[Cl-].[Zr+4]. The molecule has 190 valence electrons. The molecule has 1 unspecified atom stereocenters. The van der Waals surface area contributed by atoms with Crippen LogP contribution < -0.4 is 24.8 Å². The van der Waals surface area contributed by atoms with Gasteiger partial charge in [0.05, 0.1) is 0 Å². The predicted octanol–water partition coefficient (Wildman–Crippen LogP) is 3.05. The number of aryl methyl sites for hydroxylation is 3. The van der Waals surface area contributed by atoms with Gasteiger partial charge in [-0.3, -0.25) is 0 Å². The van der Waals surface area contributed by atoms with Gasteiger partial charge >= 0.3 is 26.2 Å². The first-order valence-electron chi connectivity index (χ1n) is 12.5. The van der Waals surface area contributed by atoms with E-state index in [0.29, 0.717) is 5.92 Å². The second kappa shape index (κ2) is 16.5. The van der Waals surface area contributed by atoms with Crippen molar-refractivity contribution in [1.82, 2.24) is 0 Å². The van der Waals surface area contributed by atoms with Crippen molar-refractivity contribution in [2.75, 3.05) is 0 Å². The standard InChI is InChI=1S/C21H21.C10H9.C2H6Si.2ClH.Zr/c1-15(16-6-3-2-4-7-16)12-19-10-11-20-13-17-8-5-9-18(17)14-21(19)20;1-8-6-7-9-4-2-3-5-10(8)9;1-3-2;;;/h2-4,6-7,10-11,13-15H,5,8-9,12H2,1H3;2-7H,1H3;1-2H3;2*1H;/q2*-1;;;;+4/p-2. The van der Waals surface area contributed by atoms with Gasteiger partial charge < -0.3 is 24.8 Å². The van der Waals surface area contributed by atoms with E-state index in [2.05, 4.69) is 118 Å². The van der Waals surface area contributed by atoms with E-state index < -0.39 is 0 Å². The molecule has 0 fully saturated rings. The Morgan fingerprint density at radius 3 is 2.05 bits per heavy atom. The van der Waals surface area contributed by atoms with E-state index in [1.807, 2.05) is 0 Å². The third-order valence-electron chi connectivity index (χ3n) is 6.87. The molecule has 37 heavy (non-hydrogen) atoms. The van der Waals surface area contributed by atoms with Crippen LogP contribution >= 0.6 is 0 Å². The van der Waals surface area contributed by atoms with E-state index in [1.54, 1.807) is 11.1 Å². The Morgan fingerprint density at radius 1 is 0.784 bits per heavy atom. The Hall–Kier alpha value is -1.44. The molecule has 4 heteroatoms. The van der Waals surface area contributed by atoms with Gasteiger partial charge in [0.15, 0.2) is 0 Å². The van der Waals surface area contributed by atoms with E-state index >= 15 is 0 Å². The summed E-state index contributed by atoms with van der Waals surface area (Å²) in [6.45, 7) is 8.78. The van der Waals surface area contributed by atoms with Gasteiger partial charge in [-0.15, -0.1) is 70.1 Å². The normalized spacial score (nSPS) is 12.0. The van der Waals surface area contributed by atoms with E-state index in [9.17, 15) is 0 Å². The Balaban J connectivity index is 0.000000364. The van der Waals surface area contributed by atoms with Crippen molar-refractivity contribution in [3.63, 3.8) is 0 Å². The average Bonchev–Trinajstić information content (AvgIpc) is 3.58. The van der Waals surface area contributed by atoms with Crippen molar-refractivity contribution in [3.8, 4) is 0 Å². The molecule has 1 atom stereocenters. The summed E-state index contributed by atoms with van der Waals surface area (Å²) in [5.41, 5.74) is 7.48. The zero-order valence-electron chi connectivity index (χ0n) is 22.3. The van der Waals surface area contributed by atoms with Crippen molar-refractivity contribution >= 4 is 31.1 Å². The van der Waals surface area contributed by atoms with Crippen molar-refractivity contribution in [2.24, 2.45) is 0 Å². The molecule has 0 nitrogen and oxygen atoms in total. The Bertz CT molecular complexity index is 1340. The Labute approximate surface area is 257 Å². The Morgan fingerprint density at radius 2 is 1.38 bits per heavy atom. The van der Waals surface area contributed by atoms with Gasteiger partial charge in [0, 0.05) is 9.52 Å². The maximum atomic E-state index is 2.46. The second-order valence-electron chi connectivity index (χ2n) is 9.54. The third-order valence-corrected chi connectivity index (χ3v) is 6.87. The summed E-state index contributed by atoms with van der Waals surface area (Å²) < 4.78 is 0. The molecule has 2 radical (unpaired) electrons. The third kappa shape index (κ3) is 8.52. The van der Waals surface area contributed by atoms with Crippen LogP contribution in [0.15, 0.2) is 91.0 Å². The average molecular weight is 623 g/mol. The van der Waals surface area contributed by atoms with Crippen LogP contribution in [0.1, 0.15) is 47.1 Å². The number of rotatable bonds is 3. The molecule has 0 bridgehead atoms. The number of hydrogen-bond acceptors (Lipinski definition) is 0. The summed E-state index contributed by atoms with van der Waals surface area (Å²) in [5, 5.41) is 5.65. The van der Waals surface area contributed by atoms with Crippen molar-refractivity contribution in [1.29, 1.82) is 0 Å². The molecule has 5 aromatic rings. The van der Waals surface area contributed by atoms with Crippen LogP contribution in [0.4, 0.5) is 0 Å². The first-order valence-corrected chi connectivity index (χ1v) is 14.5. The maximum absolute atomic E-state index is 2.46. The predicted molar refractivity (Wildman–Crippen MR) is 152 cm³/mol. The Kier molecular flexibility index (Phi) is 15.0. The van der Waals surface area contributed by atoms with Crippen molar-refractivity contribution in [2.45, 2.75) is 58.5 Å². The van der Waals surface area contributed by atoms with Crippen LogP contribution in [0.3, 0.4) is 0 Å². The van der Waals surface area contributed by atoms with Gasteiger partial charge in [-0.1, -0.05) is 80.9 Å². The molecule has 0 spiro atoms. The minimum absolute atomic E-state index is 0. The van der Waals surface area contributed by atoms with Gasteiger partial charge in [-0.05, 0) is 30.7 Å². The molecule has 0 amide bonds. The summed E-state index contributed by atoms with van der Waals surface area (Å²) >= 11 is 0. The summed E-state index contributed by atoms with van der Waals surface area (Å²) in [6, 6.07) is 33.2. The summed E-state index contributed by atoms with van der Waals surface area (Å²) in [5.74, 6) is 0.574. The van der Waals surface area contributed by atoms with Crippen molar-refractivity contribution < 1.29 is 51.0 Å². The first-order chi connectivity index (χ1) is 16.6. The number of halogens is 2. The molecule has 0 heterocycles. The van der Waals surface area contributed by atoms with Crippen LogP contribution in [-0.4, -0.2) is 9.52 Å². The number of hydrogen-bond donors (Lipinski definition) is 0. The largest absolute Gasteiger partial charge is 4.00 e. The summed E-state index contributed by atoms with van der Waals surface area (Å²) in [4.78, 5) is 0. The monoisotopic (exact) mass is 620 g/mol. The topological polar surface area (TPSA) is 0 Å². The fraction of sp³-hybridized carbons (Fsp3) is 0.273. The van der Waals surface area contributed by atoms with Gasteiger partial charge in [-0.25, -0.2) is 0 Å². The van der Waals surface area contributed by atoms with Crippen LogP contribution in [0.5, 0.6) is 0 Å². The first kappa shape index (κ1) is 33.6. The molecule has 0 aromatic heterocycles. The van der Waals surface area contributed by atoms with E-state index in [1.165, 1.54) is 57.5 Å². The quantitative estimate of drug-likeness (QED) is 0.215. The summed E-state index contributed by atoms with van der Waals surface area (Å²) in [7, 11) is 1.08.